The van der Waals surface area contributed by atoms with Gasteiger partial charge in [-0.15, -0.1) is 0 Å². The second-order valence-corrected chi connectivity index (χ2v) is 12.7. The summed E-state index contributed by atoms with van der Waals surface area (Å²) in [4.78, 5) is 29.3. The van der Waals surface area contributed by atoms with Crippen LogP contribution in [0.5, 0.6) is 0 Å². The van der Waals surface area contributed by atoms with Gasteiger partial charge in [0.1, 0.15) is 11.3 Å². The summed E-state index contributed by atoms with van der Waals surface area (Å²) in [6.07, 6.45) is 13.2. The van der Waals surface area contributed by atoms with Crippen molar-refractivity contribution in [1.82, 2.24) is 29.7 Å². The molecule has 42 heavy (non-hydrogen) atoms. The van der Waals surface area contributed by atoms with Crippen LogP contribution in [0.4, 0.5) is 17.3 Å². The van der Waals surface area contributed by atoms with Crippen molar-refractivity contribution < 1.29 is 4.79 Å². The number of anilines is 3. The summed E-state index contributed by atoms with van der Waals surface area (Å²) in [5.74, 6) is 1.52. The number of nitrogens with one attached hydrogen (secondary N) is 2. The van der Waals surface area contributed by atoms with Gasteiger partial charge in [-0.3, -0.25) is 9.69 Å². The Labute approximate surface area is 250 Å². The number of nitrogens with zero attached hydrogens (tertiary/aromatic N) is 6. The standard InChI is InChI=1S/C33H48N8O/c1-38(2)32(42)30-23-26-24-35-33(37-31(26)41(30)29-8-3-4-9-29)36-27-10-12-28(13-11-27)40-21-19-39(20-22-40)18-6-5-7-25-14-16-34-17-15-25/h10-13,23-25,29,34H,3-9,14-22H2,1-2H3,(H,35,36,37). The molecule has 3 aliphatic rings. The minimum absolute atomic E-state index is 0.0125. The van der Waals surface area contributed by atoms with Gasteiger partial charge in [0.25, 0.3) is 5.91 Å². The van der Waals surface area contributed by atoms with E-state index in [9.17, 15) is 4.79 Å². The van der Waals surface area contributed by atoms with Gasteiger partial charge in [0.05, 0.1) is 0 Å². The van der Waals surface area contributed by atoms with E-state index in [1.165, 1.54) is 70.3 Å². The van der Waals surface area contributed by atoms with Gasteiger partial charge in [0.2, 0.25) is 5.95 Å². The summed E-state index contributed by atoms with van der Waals surface area (Å²) in [7, 11) is 3.61. The summed E-state index contributed by atoms with van der Waals surface area (Å²) in [5, 5.41) is 7.79. The van der Waals surface area contributed by atoms with Gasteiger partial charge in [-0.05, 0) is 88.0 Å². The normalized spacial score (nSPS) is 19.0. The first-order valence-corrected chi connectivity index (χ1v) is 16.2. The Morgan fingerprint density at radius 2 is 1.74 bits per heavy atom. The molecule has 3 aromatic rings. The van der Waals surface area contributed by atoms with Crippen LogP contribution < -0.4 is 15.5 Å². The van der Waals surface area contributed by atoms with E-state index in [1.54, 1.807) is 19.0 Å². The monoisotopic (exact) mass is 572 g/mol. The molecule has 9 heteroatoms. The highest BCUT2D eigenvalue weighted by Gasteiger charge is 2.26. The van der Waals surface area contributed by atoms with Crippen LogP contribution in [-0.4, -0.2) is 90.2 Å². The number of carbonyl (C=O) groups excluding carboxylic acids is 1. The van der Waals surface area contributed by atoms with Gasteiger partial charge >= 0.3 is 0 Å². The van der Waals surface area contributed by atoms with Crippen molar-refractivity contribution in [2.45, 2.75) is 63.8 Å². The van der Waals surface area contributed by atoms with Crippen molar-refractivity contribution in [3.63, 3.8) is 0 Å². The highest BCUT2D eigenvalue weighted by Crippen LogP contribution is 2.35. The summed E-state index contributed by atoms with van der Waals surface area (Å²) < 4.78 is 2.16. The molecular formula is C33H48N8O. The number of hydrogen-bond donors (Lipinski definition) is 2. The fourth-order valence-electron chi connectivity index (χ4n) is 7.05. The number of aromatic nitrogens is 3. The van der Waals surface area contributed by atoms with Crippen LogP contribution in [-0.2, 0) is 0 Å². The third kappa shape index (κ3) is 6.73. The van der Waals surface area contributed by atoms with Crippen LogP contribution in [0.2, 0.25) is 0 Å². The zero-order chi connectivity index (χ0) is 28.9. The Hall–Kier alpha value is -3.17. The molecule has 6 rings (SSSR count). The number of unbranched alkanes of at least 4 members (excludes halogenated alkanes) is 1. The van der Waals surface area contributed by atoms with Gasteiger partial charge in [0, 0.05) is 69.3 Å². The maximum absolute atomic E-state index is 13.0. The third-order valence-corrected chi connectivity index (χ3v) is 9.55. The molecule has 0 unspecified atom stereocenters. The topological polar surface area (TPSA) is 81.6 Å². The lowest BCUT2D eigenvalue weighted by molar-refractivity contribution is 0.0815. The minimum atomic E-state index is 0.0125. The van der Waals surface area contributed by atoms with Gasteiger partial charge in [0.15, 0.2) is 0 Å². The van der Waals surface area contributed by atoms with Gasteiger partial charge in [-0.25, -0.2) is 4.98 Å². The molecule has 3 fully saturated rings. The molecule has 2 N–H and O–H groups in total. The fraction of sp³-hybridized carbons (Fsp3) is 0.606. The number of rotatable bonds is 10. The van der Waals surface area contributed by atoms with Crippen molar-refractivity contribution >= 4 is 34.3 Å². The Morgan fingerprint density at radius 3 is 2.45 bits per heavy atom. The summed E-state index contributed by atoms with van der Waals surface area (Å²) in [6, 6.07) is 10.9. The molecule has 9 nitrogen and oxygen atoms in total. The van der Waals surface area contributed by atoms with E-state index in [1.807, 2.05) is 12.3 Å². The maximum Gasteiger partial charge on any atom is 0.270 e. The molecule has 2 aromatic heterocycles. The predicted octanol–water partition coefficient (Wildman–Crippen LogP) is 5.28. The molecule has 0 spiro atoms. The minimum Gasteiger partial charge on any atom is -0.369 e. The van der Waals surface area contributed by atoms with E-state index >= 15 is 0 Å². The SMILES string of the molecule is CN(C)C(=O)c1cc2cnc(Nc3ccc(N4CCN(CCCCC5CCNCC5)CC4)cc3)nc2n1C1CCCC1. The average Bonchev–Trinajstić information content (AvgIpc) is 3.68. The Balaban J connectivity index is 1.04. The number of benzene rings is 1. The van der Waals surface area contributed by atoms with Crippen molar-refractivity contribution in [2.75, 3.05) is 70.1 Å². The van der Waals surface area contributed by atoms with Crippen LogP contribution in [0.3, 0.4) is 0 Å². The number of piperidine rings is 1. The molecule has 0 bridgehead atoms. The van der Waals surface area contributed by atoms with Gasteiger partial charge in [-0.1, -0.05) is 25.7 Å². The highest BCUT2D eigenvalue weighted by molar-refractivity contribution is 5.98. The molecule has 2 saturated heterocycles. The Kier molecular flexibility index (Phi) is 9.24. The van der Waals surface area contributed by atoms with Crippen LogP contribution in [0.25, 0.3) is 11.0 Å². The molecule has 2 aliphatic heterocycles. The first-order valence-electron chi connectivity index (χ1n) is 16.2. The highest BCUT2D eigenvalue weighted by atomic mass is 16.2. The Morgan fingerprint density at radius 1 is 1.00 bits per heavy atom. The summed E-state index contributed by atoms with van der Waals surface area (Å²) in [5.41, 5.74) is 3.78. The van der Waals surface area contributed by atoms with E-state index in [4.69, 9.17) is 4.98 Å². The molecular weight excluding hydrogens is 524 g/mol. The van der Waals surface area contributed by atoms with Crippen molar-refractivity contribution in [3.05, 3.63) is 42.2 Å². The van der Waals surface area contributed by atoms with Gasteiger partial charge in [-0.2, -0.15) is 4.98 Å². The number of hydrogen-bond acceptors (Lipinski definition) is 7. The first-order chi connectivity index (χ1) is 20.5. The number of fused-ring (bicyclic) bond motifs is 1. The van der Waals surface area contributed by atoms with Gasteiger partial charge < -0.3 is 25.0 Å². The lowest BCUT2D eigenvalue weighted by Crippen LogP contribution is -2.46. The average molecular weight is 573 g/mol. The van der Waals surface area contributed by atoms with Crippen LogP contribution >= 0.6 is 0 Å². The number of carbonyl (C=O) groups is 1. The second-order valence-electron chi connectivity index (χ2n) is 12.7. The van der Waals surface area contributed by atoms with Crippen molar-refractivity contribution in [2.24, 2.45) is 5.92 Å². The molecule has 1 aliphatic carbocycles. The zero-order valence-corrected chi connectivity index (χ0v) is 25.5. The lowest BCUT2D eigenvalue weighted by atomic mass is 9.92. The van der Waals surface area contributed by atoms with E-state index in [0.29, 0.717) is 17.7 Å². The number of piperazine rings is 1. The second kappa shape index (κ2) is 13.4. The van der Waals surface area contributed by atoms with Crippen molar-refractivity contribution in [3.8, 4) is 0 Å². The summed E-state index contributed by atoms with van der Waals surface area (Å²) in [6.45, 7) is 8.09. The quantitative estimate of drug-likeness (QED) is 0.320. The molecule has 1 aromatic carbocycles. The van der Waals surface area contributed by atoms with E-state index in [-0.39, 0.29) is 5.91 Å². The summed E-state index contributed by atoms with van der Waals surface area (Å²) >= 11 is 0. The van der Waals surface area contributed by atoms with Crippen molar-refractivity contribution in [1.29, 1.82) is 0 Å². The van der Waals surface area contributed by atoms with E-state index < -0.39 is 0 Å². The van der Waals surface area contributed by atoms with Crippen LogP contribution in [0.1, 0.15) is 74.3 Å². The largest absolute Gasteiger partial charge is 0.369 e. The van der Waals surface area contributed by atoms with Crippen LogP contribution in [0, 0.1) is 5.92 Å². The molecule has 4 heterocycles. The molecule has 0 radical (unpaired) electrons. The number of amides is 1. The maximum atomic E-state index is 13.0. The third-order valence-electron chi connectivity index (χ3n) is 9.55. The molecule has 226 valence electrons. The molecule has 1 amide bonds. The predicted molar refractivity (Wildman–Crippen MR) is 171 cm³/mol. The zero-order valence-electron chi connectivity index (χ0n) is 25.5. The first kappa shape index (κ1) is 28.9. The van der Waals surface area contributed by atoms with E-state index in [0.717, 1.165) is 61.7 Å². The lowest BCUT2D eigenvalue weighted by Gasteiger charge is -2.36. The Bertz CT molecular complexity index is 1320. The molecule has 1 saturated carbocycles. The van der Waals surface area contributed by atoms with Crippen LogP contribution in [0.15, 0.2) is 36.5 Å². The smallest absolute Gasteiger partial charge is 0.270 e. The molecule has 0 atom stereocenters. The van der Waals surface area contributed by atoms with E-state index in [2.05, 4.69) is 54.2 Å². The fourth-order valence-corrected chi connectivity index (χ4v) is 7.05.